The minimum Gasteiger partial charge on any atom is -0.343 e. The molecule has 1 saturated heterocycles. The lowest BCUT2D eigenvalue weighted by atomic mass is 10.0. The fourth-order valence-corrected chi connectivity index (χ4v) is 6.51. The van der Waals surface area contributed by atoms with Crippen LogP contribution in [0.4, 0.5) is 24.5 Å². The number of hydrogen-bond acceptors (Lipinski definition) is 4. The molecule has 0 radical (unpaired) electrons. The van der Waals surface area contributed by atoms with E-state index in [-0.39, 0.29) is 11.8 Å². The third-order valence-corrected chi connectivity index (χ3v) is 8.43. The van der Waals surface area contributed by atoms with Crippen LogP contribution in [0, 0.1) is 0 Å². The van der Waals surface area contributed by atoms with Crippen LogP contribution in [0.1, 0.15) is 37.8 Å². The Hall–Kier alpha value is -3.08. The molecule has 7 nitrogen and oxygen atoms in total. The van der Waals surface area contributed by atoms with Crippen molar-refractivity contribution in [2.75, 3.05) is 28.8 Å². The number of carbonyl (C=O) groups is 2. The van der Waals surface area contributed by atoms with Crippen LogP contribution in [0.2, 0.25) is 0 Å². The lowest BCUT2D eigenvalue weighted by Gasteiger charge is -2.39. The molecule has 4 rings (SSSR count). The van der Waals surface area contributed by atoms with Gasteiger partial charge in [-0.05, 0) is 61.2 Å². The molecule has 0 unspecified atom stereocenters. The molecule has 0 aliphatic carbocycles. The molecule has 0 saturated carbocycles. The summed E-state index contributed by atoms with van der Waals surface area (Å²) in [7, 11) is -4.37. The standard InChI is InChI=1S/C24H26F3N3O4S/c1-16(31)28-11-9-20(10-12-28)30(21-6-7-23-18(14-21)8-13-29(23)17(2)32)35(33,34)22-5-3-4-19(15-22)24(25,26)27/h3-7,14-15,20H,8-13H2,1-2H3. The van der Waals surface area contributed by atoms with Crippen molar-refractivity contribution >= 4 is 33.2 Å². The first-order valence-corrected chi connectivity index (χ1v) is 12.7. The number of hydrogen-bond donors (Lipinski definition) is 0. The van der Waals surface area contributed by atoms with E-state index >= 15 is 0 Å². The van der Waals surface area contributed by atoms with Gasteiger partial charge < -0.3 is 9.80 Å². The van der Waals surface area contributed by atoms with Crippen LogP contribution in [0.15, 0.2) is 47.4 Å². The first-order chi connectivity index (χ1) is 16.4. The van der Waals surface area contributed by atoms with Gasteiger partial charge in [0, 0.05) is 45.2 Å². The average molecular weight is 510 g/mol. The van der Waals surface area contributed by atoms with Crippen molar-refractivity contribution in [3.05, 3.63) is 53.6 Å². The highest BCUT2D eigenvalue weighted by Crippen LogP contribution is 2.37. The van der Waals surface area contributed by atoms with Crippen molar-refractivity contribution in [2.45, 2.75) is 50.2 Å². The van der Waals surface area contributed by atoms with Gasteiger partial charge in [-0.2, -0.15) is 13.2 Å². The maximum atomic E-state index is 13.8. The number of halogens is 3. The van der Waals surface area contributed by atoms with Gasteiger partial charge in [-0.1, -0.05) is 6.07 Å². The van der Waals surface area contributed by atoms with E-state index in [9.17, 15) is 31.2 Å². The topological polar surface area (TPSA) is 78.0 Å². The van der Waals surface area contributed by atoms with Crippen molar-refractivity contribution < 1.29 is 31.2 Å². The quantitative estimate of drug-likeness (QED) is 0.628. The van der Waals surface area contributed by atoms with E-state index in [0.717, 1.165) is 23.8 Å². The average Bonchev–Trinajstić information content (AvgIpc) is 3.23. The first kappa shape index (κ1) is 25.0. The molecule has 11 heteroatoms. The van der Waals surface area contributed by atoms with Crippen LogP contribution in [0.3, 0.4) is 0 Å². The second kappa shape index (κ2) is 9.18. The number of piperidine rings is 1. The summed E-state index contributed by atoms with van der Waals surface area (Å²) < 4.78 is 68.8. The van der Waals surface area contributed by atoms with E-state index in [4.69, 9.17) is 0 Å². The maximum absolute atomic E-state index is 13.8. The number of alkyl halides is 3. The van der Waals surface area contributed by atoms with Gasteiger partial charge in [0.05, 0.1) is 16.1 Å². The zero-order valence-electron chi connectivity index (χ0n) is 19.4. The molecule has 0 aromatic heterocycles. The van der Waals surface area contributed by atoms with Crippen molar-refractivity contribution in [2.24, 2.45) is 0 Å². The molecule has 0 spiro atoms. The number of fused-ring (bicyclic) bond motifs is 1. The number of sulfonamides is 1. The molecular formula is C24H26F3N3O4S. The summed E-state index contributed by atoms with van der Waals surface area (Å²) in [4.78, 5) is 26.5. The highest BCUT2D eigenvalue weighted by molar-refractivity contribution is 7.92. The normalized spacial score (nSPS) is 16.8. The monoisotopic (exact) mass is 509 g/mol. The number of benzene rings is 2. The maximum Gasteiger partial charge on any atom is 0.416 e. The molecular weight excluding hydrogens is 483 g/mol. The molecule has 2 amide bonds. The third-order valence-electron chi connectivity index (χ3n) is 6.55. The van der Waals surface area contributed by atoms with Crippen LogP contribution in [-0.2, 0) is 32.2 Å². The predicted octanol–water partition coefficient (Wildman–Crippen LogP) is 3.82. The second-order valence-electron chi connectivity index (χ2n) is 8.80. The van der Waals surface area contributed by atoms with Crippen LogP contribution in [0.25, 0.3) is 0 Å². The number of likely N-dealkylation sites (tertiary alicyclic amines) is 1. The van der Waals surface area contributed by atoms with Crippen LogP contribution in [-0.4, -0.2) is 50.8 Å². The van der Waals surface area contributed by atoms with Crippen molar-refractivity contribution in [3.63, 3.8) is 0 Å². The van der Waals surface area contributed by atoms with E-state index in [1.807, 2.05) is 0 Å². The Balaban J connectivity index is 1.78. The molecule has 2 aliphatic heterocycles. The Kier molecular flexibility index (Phi) is 6.56. The Labute approximate surface area is 202 Å². The fraction of sp³-hybridized carbons (Fsp3) is 0.417. The van der Waals surface area contributed by atoms with Gasteiger partial charge >= 0.3 is 6.18 Å². The van der Waals surface area contributed by atoms with Crippen LogP contribution >= 0.6 is 0 Å². The molecule has 35 heavy (non-hydrogen) atoms. The Morgan fingerprint density at radius 2 is 1.66 bits per heavy atom. The minimum absolute atomic E-state index is 0.113. The molecule has 0 N–H and O–H groups in total. The highest BCUT2D eigenvalue weighted by Gasteiger charge is 2.37. The van der Waals surface area contributed by atoms with Gasteiger partial charge in [0.15, 0.2) is 0 Å². The summed E-state index contributed by atoms with van der Waals surface area (Å²) >= 11 is 0. The molecule has 2 aromatic carbocycles. The molecule has 188 valence electrons. The van der Waals surface area contributed by atoms with Gasteiger partial charge in [0.2, 0.25) is 11.8 Å². The lowest BCUT2D eigenvalue weighted by Crippen LogP contribution is -2.48. The highest BCUT2D eigenvalue weighted by atomic mass is 32.2. The molecule has 1 fully saturated rings. The SMILES string of the molecule is CC(=O)N1CCC(N(c2ccc3c(c2)CCN3C(C)=O)S(=O)(=O)c2cccc(C(F)(F)F)c2)CC1. The van der Waals surface area contributed by atoms with E-state index in [2.05, 4.69) is 0 Å². The molecule has 0 atom stereocenters. The van der Waals surface area contributed by atoms with Gasteiger partial charge in [-0.3, -0.25) is 13.9 Å². The summed E-state index contributed by atoms with van der Waals surface area (Å²) in [5, 5.41) is 0. The summed E-state index contributed by atoms with van der Waals surface area (Å²) in [6.45, 7) is 4.07. The first-order valence-electron chi connectivity index (χ1n) is 11.3. The molecule has 2 aromatic rings. The Morgan fingerprint density at radius 1 is 0.971 bits per heavy atom. The number of rotatable bonds is 4. The Morgan fingerprint density at radius 3 is 2.26 bits per heavy atom. The van der Waals surface area contributed by atoms with E-state index < -0.39 is 32.7 Å². The van der Waals surface area contributed by atoms with Crippen molar-refractivity contribution in [1.29, 1.82) is 0 Å². The molecule has 2 aliphatic rings. The van der Waals surface area contributed by atoms with E-state index in [0.29, 0.717) is 56.3 Å². The number of nitrogens with zero attached hydrogens (tertiary/aromatic N) is 3. The van der Waals surface area contributed by atoms with Crippen molar-refractivity contribution in [1.82, 2.24) is 4.90 Å². The predicted molar refractivity (Wildman–Crippen MR) is 125 cm³/mol. The molecule has 2 heterocycles. The van der Waals surface area contributed by atoms with Crippen LogP contribution < -0.4 is 9.21 Å². The number of amides is 2. The number of anilines is 2. The van der Waals surface area contributed by atoms with Crippen LogP contribution in [0.5, 0.6) is 0 Å². The Bertz CT molecular complexity index is 1250. The summed E-state index contributed by atoms with van der Waals surface area (Å²) in [5.74, 6) is -0.237. The van der Waals surface area contributed by atoms with Gasteiger partial charge in [0.25, 0.3) is 10.0 Å². The summed E-state index contributed by atoms with van der Waals surface area (Å²) in [6, 6.07) is 8.14. The zero-order chi connectivity index (χ0) is 25.5. The summed E-state index contributed by atoms with van der Waals surface area (Å²) in [6.07, 6.45) is -3.46. The smallest absolute Gasteiger partial charge is 0.343 e. The zero-order valence-corrected chi connectivity index (χ0v) is 20.2. The largest absolute Gasteiger partial charge is 0.416 e. The second-order valence-corrected chi connectivity index (χ2v) is 10.6. The summed E-state index contributed by atoms with van der Waals surface area (Å²) in [5.41, 5.74) is 0.774. The van der Waals surface area contributed by atoms with Gasteiger partial charge in [-0.15, -0.1) is 0 Å². The number of carbonyl (C=O) groups excluding carboxylic acids is 2. The fourth-order valence-electron chi connectivity index (χ4n) is 4.76. The third kappa shape index (κ3) is 4.86. The van der Waals surface area contributed by atoms with Crippen molar-refractivity contribution in [3.8, 4) is 0 Å². The van der Waals surface area contributed by atoms with E-state index in [1.165, 1.54) is 18.2 Å². The minimum atomic E-state index is -4.69. The lowest BCUT2D eigenvalue weighted by molar-refractivity contribution is -0.137. The van der Waals surface area contributed by atoms with E-state index in [1.54, 1.807) is 28.0 Å². The molecule has 0 bridgehead atoms. The van der Waals surface area contributed by atoms with Gasteiger partial charge in [-0.25, -0.2) is 8.42 Å². The van der Waals surface area contributed by atoms with Gasteiger partial charge in [0.1, 0.15) is 0 Å².